The second-order valence-electron chi connectivity index (χ2n) is 2.77. The van der Waals surface area contributed by atoms with Crippen molar-refractivity contribution >= 4 is 5.78 Å². The minimum atomic E-state index is -0.315. The summed E-state index contributed by atoms with van der Waals surface area (Å²) in [5, 5.41) is 0. The van der Waals surface area contributed by atoms with Crippen molar-refractivity contribution in [2.75, 3.05) is 0 Å². The van der Waals surface area contributed by atoms with Crippen LogP contribution < -0.4 is 0 Å². The number of carbonyl (C=O) groups is 1. The van der Waals surface area contributed by atoms with Gasteiger partial charge in [0, 0.05) is 5.56 Å². The van der Waals surface area contributed by atoms with Crippen molar-refractivity contribution in [3.05, 3.63) is 35.6 Å². The fourth-order valence-electron chi connectivity index (χ4n) is 0.685. The standard InChI is InChI=1S/C8H7FO.C3H8/c1-6(10)7-2-4-8(9)5-3-7;1-3-2/h2-5H,1H3;3H2,1-2H3. The third kappa shape index (κ3) is 5.12. The smallest absolute Gasteiger partial charge is 0.159 e. The van der Waals surface area contributed by atoms with Crippen LogP contribution in [0.5, 0.6) is 0 Å². The van der Waals surface area contributed by atoms with E-state index in [4.69, 9.17) is 0 Å². The molecule has 0 fully saturated rings. The van der Waals surface area contributed by atoms with Crippen LogP contribution >= 0.6 is 0 Å². The lowest BCUT2D eigenvalue weighted by Gasteiger charge is -1.91. The lowest BCUT2D eigenvalue weighted by atomic mass is 10.1. The minimum absolute atomic E-state index is 0.0417. The zero-order chi connectivity index (χ0) is 10.3. The number of hydrogen-bond acceptors (Lipinski definition) is 1. The molecule has 0 aliphatic rings. The molecule has 0 heterocycles. The van der Waals surface area contributed by atoms with E-state index < -0.39 is 0 Å². The maximum atomic E-state index is 12.2. The van der Waals surface area contributed by atoms with E-state index >= 15 is 0 Å². The van der Waals surface area contributed by atoms with Crippen molar-refractivity contribution in [3.63, 3.8) is 0 Å². The van der Waals surface area contributed by atoms with Crippen molar-refractivity contribution in [3.8, 4) is 0 Å². The van der Waals surface area contributed by atoms with E-state index in [0.717, 1.165) is 0 Å². The molecule has 2 heteroatoms. The van der Waals surface area contributed by atoms with Crippen LogP contribution in [0.2, 0.25) is 0 Å². The first-order chi connectivity index (χ1) is 6.11. The molecule has 0 saturated carbocycles. The Bertz CT molecular complexity index is 251. The highest BCUT2D eigenvalue weighted by atomic mass is 19.1. The molecule has 0 saturated heterocycles. The molecule has 1 rings (SSSR count). The van der Waals surface area contributed by atoms with Crippen molar-refractivity contribution in [2.24, 2.45) is 0 Å². The van der Waals surface area contributed by atoms with Gasteiger partial charge in [-0.3, -0.25) is 4.79 Å². The SMILES string of the molecule is CC(=O)c1ccc(F)cc1.CCC. The first kappa shape index (κ1) is 11.8. The highest BCUT2D eigenvalue weighted by Crippen LogP contribution is 2.02. The molecule has 0 N–H and O–H groups in total. The first-order valence-corrected chi connectivity index (χ1v) is 4.38. The predicted molar refractivity (Wildman–Crippen MR) is 52.4 cm³/mol. The molecule has 1 nitrogen and oxygen atoms in total. The van der Waals surface area contributed by atoms with Crippen LogP contribution in [-0.2, 0) is 0 Å². The summed E-state index contributed by atoms with van der Waals surface area (Å²) in [6.07, 6.45) is 1.25. The number of rotatable bonds is 1. The largest absolute Gasteiger partial charge is 0.295 e. The Kier molecular flexibility index (Phi) is 5.77. The summed E-state index contributed by atoms with van der Waals surface area (Å²) in [4.78, 5) is 10.6. The molecule has 1 aromatic carbocycles. The summed E-state index contributed by atoms with van der Waals surface area (Å²) in [5.74, 6) is -0.356. The van der Waals surface area contributed by atoms with Gasteiger partial charge in [-0.2, -0.15) is 0 Å². The Morgan fingerprint density at radius 2 is 1.62 bits per heavy atom. The van der Waals surface area contributed by atoms with E-state index in [-0.39, 0.29) is 11.6 Å². The van der Waals surface area contributed by atoms with Crippen LogP contribution in [0.15, 0.2) is 24.3 Å². The fourth-order valence-corrected chi connectivity index (χ4v) is 0.685. The zero-order valence-electron chi connectivity index (χ0n) is 8.30. The van der Waals surface area contributed by atoms with Crippen molar-refractivity contribution in [2.45, 2.75) is 27.2 Å². The first-order valence-electron chi connectivity index (χ1n) is 4.38. The summed E-state index contributed by atoms with van der Waals surface area (Å²) in [7, 11) is 0. The molecule has 0 bridgehead atoms. The molecule has 72 valence electrons. The number of carbonyl (C=O) groups excluding carboxylic acids is 1. The average Bonchev–Trinajstić information content (AvgIpc) is 2.06. The monoisotopic (exact) mass is 182 g/mol. The van der Waals surface area contributed by atoms with Gasteiger partial charge < -0.3 is 0 Å². The maximum absolute atomic E-state index is 12.2. The molecular formula is C11H15FO. The van der Waals surface area contributed by atoms with Gasteiger partial charge in [0.15, 0.2) is 5.78 Å². The zero-order valence-corrected chi connectivity index (χ0v) is 8.30. The predicted octanol–water partition coefficient (Wildman–Crippen LogP) is 3.44. The second kappa shape index (κ2) is 6.35. The summed E-state index contributed by atoms with van der Waals surface area (Å²) in [6.45, 7) is 5.70. The van der Waals surface area contributed by atoms with Gasteiger partial charge in [-0.15, -0.1) is 0 Å². The Balaban J connectivity index is 0.000000424. The molecule has 13 heavy (non-hydrogen) atoms. The number of ketones is 1. The Hall–Kier alpha value is -1.18. The summed E-state index contributed by atoms with van der Waals surface area (Å²) in [6, 6.07) is 5.49. The van der Waals surface area contributed by atoms with Gasteiger partial charge in [0.05, 0.1) is 0 Å². The van der Waals surface area contributed by atoms with Crippen molar-refractivity contribution in [1.82, 2.24) is 0 Å². The van der Waals surface area contributed by atoms with Crippen LogP contribution in [0, 0.1) is 5.82 Å². The molecule has 0 aliphatic heterocycles. The second-order valence-corrected chi connectivity index (χ2v) is 2.77. The van der Waals surface area contributed by atoms with Gasteiger partial charge in [-0.1, -0.05) is 20.3 Å². The summed E-state index contributed by atoms with van der Waals surface area (Å²) < 4.78 is 12.2. The lowest BCUT2D eigenvalue weighted by molar-refractivity contribution is 0.101. The summed E-state index contributed by atoms with van der Waals surface area (Å²) >= 11 is 0. The topological polar surface area (TPSA) is 17.1 Å². The molecular weight excluding hydrogens is 167 g/mol. The van der Waals surface area contributed by atoms with E-state index in [1.165, 1.54) is 37.6 Å². The van der Waals surface area contributed by atoms with E-state index in [0.29, 0.717) is 5.56 Å². The minimum Gasteiger partial charge on any atom is -0.295 e. The maximum Gasteiger partial charge on any atom is 0.159 e. The number of halogens is 1. The Morgan fingerprint density at radius 3 is 1.92 bits per heavy atom. The third-order valence-corrected chi connectivity index (χ3v) is 1.25. The number of benzene rings is 1. The fraction of sp³-hybridized carbons (Fsp3) is 0.364. The van der Waals surface area contributed by atoms with Gasteiger partial charge in [0.1, 0.15) is 5.82 Å². The lowest BCUT2D eigenvalue weighted by Crippen LogP contribution is -1.90. The van der Waals surface area contributed by atoms with Crippen LogP contribution in [0.25, 0.3) is 0 Å². The molecule has 0 atom stereocenters. The van der Waals surface area contributed by atoms with Gasteiger partial charge in [0.2, 0.25) is 0 Å². The Labute approximate surface area is 78.6 Å². The van der Waals surface area contributed by atoms with Crippen LogP contribution in [-0.4, -0.2) is 5.78 Å². The normalized spacial score (nSPS) is 8.62. The highest BCUT2D eigenvalue weighted by molar-refractivity contribution is 5.93. The number of Topliss-reactive ketones (excluding diaryl/α,β-unsaturated/α-hetero) is 1. The third-order valence-electron chi connectivity index (χ3n) is 1.25. The van der Waals surface area contributed by atoms with E-state index in [2.05, 4.69) is 13.8 Å². The molecule has 0 unspecified atom stereocenters. The van der Waals surface area contributed by atoms with Gasteiger partial charge in [-0.25, -0.2) is 4.39 Å². The van der Waals surface area contributed by atoms with Crippen molar-refractivity contribution in [1.29, 1.82) is 0 Å². The van der Waals surface area contributed by atoms with Crippen molar-refractivity contribution < 1.29 is 9.18 Å². The highest BCUT2D eigenvalue weighted by Gasteiger charge is 1.96. The van der Waals surface area contributed by atoms with Gasteiger partial charge in [0.25, 0.3) is 0 Å². The van der Waals surface area contributed by atoms with E-state index in [1.54, 1.807) is 0 Å². The number of hydrogen-bond donors (Lipinski definition) is 0. The molecule has 1 aromatic rings. The average molecular weight is 182 g/mol. The Morgan fingerprint density at radius 1 is 1.23 bits per heavy atom. The van der Waals surface area contributed by atoms with Crippen LogP contribution in [0.3, 0.4) is 0 Å². The molecule has 0 aliphatic carbocycles. The van der Waals surface area contributed by atoms with E-state index in [9.17, 15) is 9.18 Å². The summed E-state index contributed by atoms with van der Waals surface area (Å²) in [5.41, 5.74) is 0.543. The van der Waals surface area contributed by atoms with Gasteiger partial charge >= 0.3 is 0 Å². The molecule has 0 spiro atoms. The van der Waals surface area contributed by atoms with E-state index in [1.807, 2.05) is 0 Å². The van der Waals surface area contributed by atoms with Crippen LogP contribution in [0.4, 0.5) is 4.39 Å². The quantitative estimate of drug-likeness (QED) is 0.608. The molecule has 0 radical (unpaired) electrons. The van der Waals surface area contributed by atoms with Gasteiger partial charge in [-0.05, 0) is 31.2 Å². The molecule has 0 aromatic heterocycles. The molecule has 0 amide bonds. The van der Waals surface area contributed by atoms with Crippen LogP contribution in [0.1, 0.15) is 37.6 Å².